The average Bonchev–Trinajstić information content (AvgIpc) is 2.43. The molecule has 0 atom stereocenters. The Kier molecular flexibility index (Phi) is 4.65. The first kappa shape index (κ1) is 14.9. The van der Waals surface area contributed by atoms with Crippen molar-refractivity contribution in [1.29, 1.82) is 0 Å². The molecule has 0 fully saturated rings. The van der Waals surface area contributed by atoms with Crippen molar-refractivity contribution in [2.45, 2.75) is 43.5 Å². The largest absolute Gasteiger partial charge is 0.373 e. The highest BCUT2D eigenvalue weighted by Crippen LogP contribution is 2.31. The molecule has 2 aromatic rings. The monoisotopic (exact) mass is 287 g/mol. The summed E-state index contributed by atoms with van der Waals surface area (Å²) in [6.07, 6.45) is 0. The molecular weight excluding hydrogens is 266 g/mol. The molecule has 4 heteroatoms. The Morgan fingerprint density at radius 2 is 1.70 bits per heavy atom. The molecule has 0 saturated heterocycles. The second-order valence-corrected chi connectivity index (χ2v) is 6.19. The van der Waals surface area contributed by atoms with Crippen LogP contribution in [0.1, 0.15) is 36.7 Å². The van der Waals surface area contributed by atoms with E-state index in [2.05, 4.69) is 60.3 Å². The third-order valence-corrected chi connectivity index (χ3v) is 4.31. The summed E-state index contributed by atoms with van der Waals surface area (Å²) in [4.78, 5) is 10.1. The zero-order valence-corrected chi connectivity index (χ0v) is 13.5. The molecule has 1 aromatic carbocycles. The van der Waals surface area contributed by atoms with Crippen LogP contribution in [0, 0.1) is 13.8 Å². The van der Waals surface area contributed by atoms with E-state index in [9.17, 15) is 0 Å². The predicted octanol–water partition coefficient (Wildman–Crippen LogP) is 4.41. The molecule has 0 spiro atoms. The average molecular weight is 287 g/mol. The molecule has 0 aliphatic carbocycles. The summed E-state index contributed by atoms with van der Waals surface area (Å²) in [5, 5.41) is 4.13. The van der Waals surface area contributed by atoms with Crippen LogP contribution in [0.5, 0.6) is 0 Å². The minimum Gasteiger partial charge on any atom is -0.373 e. The molecule has 1 heterocycles. The Bertz CT molecular complexity index is 591. The number of benzene rings is 1. The molecule has 20 heavy (non-hydrogen) atoms. The zero-order chi connectivity index (χ0) is 14.7. The van der Waals surface area contributed by atoms with Crippen molar-refractivity contribution in [1.82, 2.24) is 9.97 Å². The lowest BCUT2D eigenvalue weighted by Crippen LogP contribution is -2.01. The standard InChI is InChI=1S/C16H21N3S/c1-10(2)13-6-8-14(9-7-13)20-16-11(3)15(17-5)18-12(4)19-16/h6-10H,1-5H3,(H,17,18,19). The maximum atomic E-state index is 4.55. The van der Waals surface area contributed by atoms with Crippen LogP contribution < -0.4 is 5.32 Å². The highest BCUT2D eigenvalue weighted by atomic mass is 32.2. The van der Waals surface area contributed by atoms with Crippen LogP contribution >= 0.6 is 11.8 Å². The Balaban J connectivity index is 2.27. The molecule has 1 aromatic heterocycles. The van der Waals surface area contributed by atoms with Gasteiger partial charge in [0, 0.05) is 17.5 Å². The van der Waals surface area contributed by atoms with Crippen molar-refractivity contribution in [3.05, 3.63) is 41.2 Å². The van der Waals surface area contributed by atoms with Gasteiger partial charge >= 0.3 is 0 Å². The molecule has 2 rings (SSSR count). The summed E-state index contributed by atoms with van der Waals surface area (Å²) in [6, 6.07) is 8.70. The summed E-state index contributed by atoms with van der Waals surface area (Å²) in [5.74, 6) is 2.26. The van der Waals surface area contributed by atoms with Crippen LogP contribution in [0.15, 0.2) is 34.2 Å². The van der Waals surface area contributed by atoms with E-state index < -0.39 is 0 Å². The summed E-state index contributed by atoms with van der Waals surface area (Å²) in [7, 11) is 1.89. The summed E-state index contributed by atoms with van der Waals surface area (Å²) >= 11 is 1.69. The third kappa shape index (κ3) is 3.31. The maximum Gasteiger partial charge on any atom is 0.133 e. The fourth-order valence-electron chi connectivity index (χ4n) is 1.98. The topological polar surface area (TPSA) is 37.8 Å². The van der Waals surface area contributed by atoms with Gasteiger partial charge in [0.25, 0.3) is 0 Å². The van der Waals surface area contributed by atoms with Crippen molar-refractivity contribution < 1.29 is 0 Å². The van der Waals surface area contributed by atoms with Crippen molar-refractivity contribution >= 4 is 17.6 Å². The van der Waals surface area contributed by atoms with Gasteiger partial charge in [0.1, 0.15) is 16.7 Å². The Morgan fingerprint density at radius 1 is 1.05 bits per heavy atom. The fourth-order valence-corrected chi connectivity index (χ4v) is 2.90. The van der Waals surface area contributed by atoms with E-state index in [0.717, 1.165) is 22.2 Å². The van der Waals surface area contributed by atoms with Gasteiger partial charge in [-0.1, -0.05) is 37.7 Å². The van der Waals surface area contributed by atoms with Gasteiger partial charge in [-0.3, -0.25) is 0 Å². The number of nitrogens with zero attached hydrogens (tertiary/aromatic N) is 2. The quantitative estimate of drug-likeness (QED) is 0.845. The van der Waals surface area contributed by atoms with E-state index in [1.807, 2.05) is 14.0 Å². The molecule has 0 aliphatic rings. The van der Waals surface area contributed by atoms with E-state index in [0.29, 0.717) is 5.92 Å². The SMILES string of the molecule is CNc1nc(C)nc(Sc2ccc(C(C)C)cc2)c1C. The first-order valence-corrected chi connectivity index (χ1v) is 7.63. The Labute approximate surface area is 125 Å². The van der Waals surface area contributed by atoms with Gasteiger partial charge in [0.05, 0.1) is 0 Å². The normalized spacial score (nSPS) is 10.9. The number of rotatable bonds is 4. The minimum absolute atomic E-state index is 0.563. The molecule has 3 nitrogen and oxygen atoms in total. The van der Waals surface area contributed by atoms with Crippen LogP contribution in [0.25, 0.3) is 0 Å². The van der Waals surface area contributed by atoms with Crippen LogP contribution in [0.4, 0.5) is 5.82 Å². The van der Waals surface area contributed by atoms with Gasteiger partial charge in [-0.05, 0) is 37.5 Å². The highest BCUT2D eigenvalue weighted by molar-refractivity contribution is 7.99. The lowest BCUT2D eigenvalue weighted by atomic mass is 10.0. The van der Waals surface area contributed by atoms with Gasteiger partial charge in [-0.25, -0.2) is 9.97 Å². The third-order valence-electron chi connectivity index (χ3n) is 3.21. The molecule has 0 amide bonds. The summed E-state index contributed by atoms with van der Waals surface area (Å²) in [6.45, 7) is 8.39. The van der Waals surface area contributed by atoms with Gasteiger partial charge in [0.15, 0.2) is 0 Å². The number of nitrogens with one attached hydrogen (secondary N) is 1. The molecule has 0 saturated carbocycles. The molecule has 1 N–H and O–H groups in total. The second kappa shape index (κ2) is 6.27. The smallest absolute Gasteiger partial charge is 0.133 e. The van der Waals surface area contributed by atoms with Crippen molar-refractivity contribution in [2.24, 2.45) is 0 Å². The lowest BCUT2D eigenvalue weighted by molar-refractivity contribution is 0.864. The number of hydrogen-bond acceptors (Lipinski definition) is 4. The molecule has 0 unspecified atom stereocenters. The van der Waals surface area contributed by atoms with E-state index in [4.69, 9.17) is 0 Å². The molecule has 106 valence electrons. The first-order valence-electron chi connectivity index (χ1n) is 6.82. The van der Waals surface area contributed by atoms with Crippen molar-refractivity contribution in [2.75, 3.05) is 12.4 Å². The minimum atomic E-state index is 0.563. The van der Waals surface area contributed by atoms with Crippen LogP contribution in [-0.2, 0) is 0 Å². The van der Waals surface area contributed by atoms with Crippen LogP contribution in [0.3, 0.4) is 0 Å². The molecule has 0 aliphatic heterocycles. The van der Waals surface area contributed by atoms with E-state index >= 15 is 0 Å². The number of anilines is 1. The molecular formula is C16H21N3S. The van der Waals surface area contributed by atoms with E-state index in [1.54, 1.807) is 11.8 Å². The number of aromatic nitrogens is 2. The fraction of sp³-hybridized carbons (Fsp3) is 0.375. The summed E-state index contributed by atoms with van der Waals surface area (Å²) in [5.41, 5.74) is 2.46. The van der Waals surface area contributed by atoms with Crippen molar-refractivity contribution in [3.8, 4) is 0 Å². The molecule has 0 bridgehead atoms. The van der Waals surface area contributed by atoms with E-state index in [-0.39, 0.29) is 0 Å². The number of hydrogen-bond donors (Lipinski definition) is 1. The van der Waals surface area contributed by atoms with Crippen LogP contribution in [-0.4, -0.2) is 17.0 Å². The maximum absolute atomic E-state index is 4.55. The van der Waals surface area contributed by atoms with Gasteiger partial charge < -0.3 is 5.32 Å². The lowest BCUT2D eigenvalue weighted by Gasteiger charge is -2.11. The highest BCUT2D eigenvalue weighted by Gasteiger charge is 2.10. The van der Waals surface area contributed by atoms with Crippen molar-refractivity contribution in [3.63, 3.8) is 0 Å². The van der Waals surface area contributed by atoms with E-state index in [1.165, 1.54) is 10.5 Å². The van der Waals surface area contributed by atoms with Gasteiger partial charge in [0.2, 0.25) is 0 Å². The predicted molar refractivity (Wildman–Crippen MR) is 85.7 cm³/mol. The number of aryl methyl sites for hydroxylation is 1. The van der Waals surface area contributed by atoms with Gasteiger partial charge in [-0.15, -0.1) is 0 Å². The van der Waals surface area contributed by atoms with Gasteiger partial charge in [-0.2, -0.15) is 0 Å². The second-order valence-electron chi connectivity index (χ2n) is 5.13. The zero-order valence-electron chi connectivity index (χ0n) is 12.7. The Hall–Kier alpha value is -1.55. The van der Waals surface area contributed by atoms with Crippen LogP contribution in [0.2, 0.25) is 0 Å². The Morgan fingerprint density at radius 3 is 2.25 bits per heavy atom. The summed E-state index contributed by atoms with van der Waals surface area (Å²) < 4.78 is 0. The molecule has 0 radical (unpaired) electrons. The first-order chi connectivity index (χ1) is 9.51.